The minimum atomic E-state index is -0.781. The number of nitrogens with zero attached hydrogens (tertiary/aromatic N) is 4. The fraction of sp³-hybridized carbons (Fsp3) is 0.609. The van der Waals surface area contributed by atoms with Crippen LogP contribution >= 0.6 is 0 Å². The van der Waals surface area contributed by atoms with Crippen molar-refractivity contribution >= 4 is 12.1 Å². The number of carboxylic acid groups (broad SMARTS) is 1. The second-order valence-electron chi connectivity index (χ2n) is 9.12. The first kappa shape index (κ1) is 23.9. The van der Waals surface area contributed by atoms with Crippen molar-refractivity contribution in [3.63, 3.8) is 0 Å². The summed E-state index contributed by atoms with van der Waals surface area (Å²) in [7, 11) is 1.72. The molecule has 2 N–H and O–H groups in total. The molecular weight excluding hydrogens is 445 g/mol. The predicted molar refractivity (Wildman–Crippen MR) is 119 cm³/mol. The van der Waals surface area contributed by atoms with Gasteiger partial charge >= 0.3 is 12.1 Å². The molecule has 2 aromatic rings. The molecule has 0 aliphatic heterocycles. The van der Waals surface area contributed by atoms with Crippen molar-refractivity contribution in [2.75, 3.05) is 6.61 Å². The highest BCUT2D eigenvalue weighted by Crippen LogP contribution is 2.31. The summed E-state index contributed by atoms with van der Waals surface area (Å²) in [5.74, 6) is -0.450. The summed E-state index contributed by atoms with van der Waals surface area (Å²) >= 11 is 0. The van der Waals surface area contributed by atoms with Gasteiger partial charge in [0.15, 0.2) is 0 Å². The predicted octanol–water partition coefficient (Wildman–Crippen LogP) is 3.18. The maximum absolute atomic E-state index is 12.9. The Labute approximate surface area is 196 Å². The monoisotopic (exact) mass is 475 g/mol. The van der Waals surface area contributed by atoms with E-state index in [9.17, 15) is 19.1 Å². The molecule has 2 atom stereocenters. The lowest BCUT2D eigenvalue weighted by molar-refractivity contribution is -0.143. The molecule has 4 rings (SSSR count). The van der Waals surface area contributed by atoms with Crippen LogP contribution in [0.1, 0.15) is 49.9 Å². The van der Waals surface area contributed by atoms with Crippen molar-refractivity contribution in [3.05, 3.63) is 23.5 Å². The number of ether oxygens (including phenoxy) is 2. The van der Waals surface area contributed by atoms with Gasteiger partial charge in [0.25, 0.3) is 0 Å². The first-order chi connectivity index (χ1) is 16.3. The maximum atomic E-state index is 12.9. The number of aromatic nitrogens is 4. The molecule has 0 saturated heterocycles. The smallest absolute Gasteiger partial charge is 0.407 e. The quantitative estimate of drug-likeness (QED) is 0.596. The van der Waals surface area contributed by atoms with Gasteiger partial charge < -0.3 is 19.9 Å². The minimum absolute atomic E-state index is 0.0891. The Hall–Kier alpha value is -3.24. The fourth-order valence-electron chi connectivity index (χ4n) is 4.43. The zero-order valence-corrected chi connectivity index (χ0v) is 19.4. The Kier molecular flexibility index (Phi) is 7.28. The van der Waals surface area contributed by atoms with Gasteiger partial charge in [-0.25, -0.2) is 18.9 Å². The van der Waals surface area contributed by atoms with Gasteiger partial charge in [0, 0.05) is 7.05 Å². The molecule has 0 bridgehead atoms. The van der Waals surface area contributed by atoms with Gasteiger partial charge in [0.05, 0.1) is 42.3 Å². The normalized spacial score (nSPS) is 24.2. The number of carbonyl (C=O) groups is 2. The van der Waals surface area contributed by atoms with Crippen molar-refractivity contribution in [3.8, 4) is 17.1 Å². The molecule has 34 heavy (non-hydrogen) atoms. The number of alkyl carbamates (subject to hydrolysis) is 1. The molecule has 2 aliphatic carbocycles. The Bertz CT molecular complexity index is 1040. The maximum Gasteiger partial charge on any atom is 0.407 e. The lowest BCUT2D eigenvalue weighted by atomic mass is 9.84. The highest BCUT2D eigenvalue weighted by atomic mass is 19.1. The van der Waals surface area contributed by atoms with Crippen molar-refractivity contribution in [1.82, 2.24) is 25.3 Å². The zero-order valence-electron chi connectivity index (χ0n) is 19.4. The fourth-order valence-corrected chi connectivity index (χ4v) is 4.43. The first-order valence-corrected chi connectivity index (χ1v) is 11.6. The van der Waals surface area contributed by atoms with Gasteiger partial charge in [0.2, 0.25) is 0 Å². The molecule has 11 heteroatoms. The molecule has 2 saturated carbocycles. The van der Waals surface area contributed by atoms with Crippen LogP contribution in [0.25, 0.3) is 11.4 Å². The van der Waals surface area contributed by atoms with Crippen LogP contribution in [0.3, 0.4) is 0 Å². The third-order valence-corrected chi connectivity index (χ3v) is 6.52. The van der Waals surface area contributed by atoms with E-state index in [4.69, 9.17) is 9.47 Å². The van der Waals surface area contributed by atoms with Crippen LogP contribution in [0.5, 0.6) is 5.75 Å². The Morgan fingerprint density at radius 3 is 2.76 bits per heavy atom. The number of alkyl halides is 1. The molecule has 0 radical (unpaired) electrons. The standard InChI is InChI=1S/C23H30FN5O5/c1-13-20(34-17-5-3-4-15(10-17)22(30)31)7-6-18(26-13)21-19(29(2)28-27-21)11-25-23(32)33-12-14-8-16(24)9-14/h6-7,14-17H,3-5,8-12H2,1-2H3,(H,25,32)(H,30,31)/t14?,15-,16?,17-/m0/s1. The highest BCUT2D eigenvalue weighted by molar-refractivity contribution is 5.70. The van der Waals surface area contributed by atoms with E-state index in [1.165, 1.54) is 0 Å². The van der Waals surface area contributed by atoms with Crippen LogP contribution in [0, 0.1) is 18.8 Å². The van der Waals surface area contributed by atoms with Crippen LogP contribution in [-0.2, 0) is 23.1 Å². The number of hydrogen-bond donors (Lipinski definition) is 2. The Balaban J connectivity index is 1.37. The molecular formula is C23H30FN5O5. The molecule has 2 fully saturated rings. The molecule has 2 aromatic heterocycles. The van der Waals surface area contributed by atoms with E-state index in [-0.39, 0.29) is 31.1 Å². The molecule has 184 valence electrons. The number of carboxylic acids is 1. The number of amides is 1. The number of halogens is 1. The number of nitrogens with one attached hydrogen (secondary N) is 1. The topological polar surface area (TPSA) is 128 Å². The van der Waals surface area contributed by atoms with E-state index in [1.54, 1.807) is 23.9 Å². The minimum Gasteiger partial charge on any atom is -0.489 e. The van der Waals surface area contributed by atoms with E-state index >= 15 is 0 Å². The van der Waals surface area contributed by atoms with E-state index in [2.05, 4.69) is 20.6 Å². The lowest BCUT2D eigenvalue weighted by Gasteiger charge is -2.28. The third-order valence-electron chi connectivity index (χ3n) is 6.52. The number of aliphatic carboxylic acids is 1. The lowest BCUT2D eigenvalue weighted by Crippen LogP contribution is -2.32. The van der Waals surface area contributed by atoms with Crippen LogP contribution < -0.4 is 10.1 Å². The average molecular weight is 476 g/mol. The van der Waals surface area contributed by atoms with E-state index in [1.807, 2.05) is 6.92 Å². The first-order valence-electron chi connectivity index (χ1n) is 11.6. The number of carbonyl (C=O) groups excluding carboxylic acids is 1. The molecule has 2 heterocycles. The van der Waals surface area contributed by atoms with Gasteiger partial charge in [-0.2, -0.15) is 0 Å². The SMILES string of the molecule is Cc1nc(-c2nnn(C)c2CNC(=O)OCC2CC(F)C2)ccc1O[C@H]1CCC[C@H](C(=O)O)C1. The summed E-state index contributed by atoms with van der Waals surface area (Å²) in [5, 5.41) is 20.2. The van der Waals surface area contributed by atoms with E-state index in [0.717, 1.165) is 12.8 Å². The highest BCUT2D eigenvalue weighted by Gasteiger charge is 2.30. The molecule has 0 spiro atoms. The summed E-state index contributed by atoms with van der Waals surface area (Å²) in [5.41, 5.74) is 2.42. The number of hydrogen-bond acceptors (Lipinski definition) is 7. The molecule has 10 nitrogen and oxygen atoms in total. The Morgan fingerprint density at radius 1 is 1.26 bits per heavy atom. The van der Waals surface area contributed by atoms with Gasteiger partial charge in [-0.15, -0.1) is 5.10 Å². The summed E-state index contributed by atoms with van der Waals surface area (Å²) in [4.78, 5) is 28.0. The van der Waals surface area contributed by atoms with Crippen molar-refractivity contribution in [2.45, 2.75) is 64.3 Å². The summed E-state index contributed by atoms with van der Waals surface area (Å²) in [6.07, 6.45) is 2.18. The molecule has 0 unspecified atom stereocenters. The number of rotatable bonds is 8. The van der Waals surface area contributed by atoms with Crippen molar-refractivity contribution in [1.29, 1.82) is 0 Å². The van der Waals surface area contributed by atoms with Gasteiger partial charge in [0.1, 0.15) is 17.6 Å². The van der Waals surface area contributed by atoms with E-state index < -0.39 is 18.2 Å². The average Bonchev–Trinajstić information content (AvgIpc) is 3.16. The van der Waals surface area contributed by atoms with E-state index in [0.29, 0.717) is 54.2 Å². The van der Waals surface area contributed by atoms with Crippen LogP contribution in [-0.4, -0.2) is 56.0 Å². The van der Waals surface area contributed by atoms with Gasteiger partial charge in [-0.3, -0.25) is 4.79 Å². The van der Waals surface area contributed by atoms with Gasteiger partial charge in [-0.05, 0) is 63.5 Å². The van der Waals surface area contributed by atoms with Crippen LogP contribution in [0.15, 0.2) is 12.1 Å². The van der Waals surface area contributed by atoms with Crippen LogP contribution in [0.2, 0.25) is 0 Å². The summed E-state index contributed by atoms with van der Waals surface area (Å²) in [6.45, 7) is 2.18. The third kappa shape index (κ3) is 5.63. The molecule has 0 aromatic carbocycles. The zero-order chi connectivity index (χ0) is 24.2. The molecule has 2 aliphatic rings. The molecule has 1 amide bonds. The van der Waals surface area contributed by atoms with Crippen LogP contribution in [0.4, 0.5) is 9.18 Å². The summed E-state index contributed by atoms with van der Waals surface area (Å²) in [6, 6.07) is 3.58. The number of aryl methyl sites for hydroxylation is 2. The van der Waals surface area contributed by atoms with Crippen molar-refractivity contribution in [2.24, 2.45) is 18.9 Å². The second kappa shape index (κ2) is 10.4. The van der Waals surface area contributed by atoms with Gasteiger partial charge in [-0.1, -0.05) is 5.21 Å². The van der Waals surface area contributed by atoms with Crippen molar-refractivity contribution < 1.29 is 28.6 Å². The largest absolute Gasteiger partial charge is 0.489 e. The Morgan fingerprint density at radius 2 is 2.06 bits per heavy atom. The number of pyridine rings is 1. The summed E-state index contributed by atoms with van der Waals surface area (Å²) < 4.78 is 25.7. The second-order valence-corrected chi connectivity index (χ2v) is 9.12.